The first-order valence-corrected chi connectivity index (χ1v) is 6.10. The lowest BCUT2D eigenvalue weighted by atomic mass is 9.99. The van der Waals surface area contributed by atoms with Gasteiger partial charge in [-0.2, -0.15) is 18.3 Å². The van der Waals surface area contributed by atoms with E-state index in [4.69, 9.17) is 0 Å². The van der Waals surface area contributed by atoms with E-state index in [1.807, 2.05) is 0 Å². The third-order valence-corrected chi connectivity index (χ3v) is 3.20. The van der Waals surface area contributed by atoms with E-state index in [0.717, 1.165) is 18.5 Å². The predicted molar refractivity (Wildman–Crippen MR) is 68.5 cm³/mol. The van der Waals surface area contributed by atoms with Crippen molar-refractivity contribution in [1.29, 1.82) is 0 Å². The lowest BCUT2D eigenvalue weighted by Gasteiger charge is -2.16. The summed E-state index contributed by atoms with van der Waals surface area (Å²) in [6, 6.07) is 5.99. The van der Waals surface area contributed by atoms with Gasteiger partial charge in [0.1, 0.15) is 6.10 Å². The summed E-state index contributed by atoms with van der Waals surface area (Å²) in [6.45, 7) is 0. The molecule has 108 valence electrons. The SMILES string of the molecule is OC(c1cnccc1C(F)(F)F)c1cnn2ccccc12. The van der Waals surface area contributed by atoms with Crippen molar-refractivity contribution >= 4 is 5.52 Å². The number of aromatic nitrogens is 3. The van der Waals surface area contributed by atoms with E-state index in [-0.39, 0.29) is 5.56 Å². The molecule has 0 bridgehead atoms. The minimum Gasteiger partial charge on any atom is -0.383 e. The Balaban J connectivity index is 2.13. The first kappa shape index (κ1) is 13.6. The third kappa shape index (κ3) is 2.36. The highest BCUT2D eigenvalue weighted by molar-refractivity contribution is 5.56. The number of alkyl halides is 3. The fraction of sp³-hybridized carbons (Fsp3) is 0.143. The number of rotatable bonds is 2. The van der Waals surface area contributed by atoms with Crippen molar-refractivity contribution in [2.24, 2.45) is 0 Å². The zero-order valence-corrected chi connectivity index (χ0v) is 10.6. The van der Waals surface area contributed by atoms with Crippen LogP contribution >= 0.6 is 0 Å². The summed E-state index contributed by atoms with van der Waals surface area (Å²) < 4.78 is 40.5. The van der Waals surface area contributed by atoms with Crippen LogP contribution < -0.4 is 0 Å². The van der Waals surface area contributed by atoms with Crippen LogP contribution in [0.1, 0.15) is 22.8 Å². The van der Waals surface area contributed by atoms with Crippen LogP contribution in [0.5, 0.6) is 0 Å². The predicted octanol–water partition coefficient (Wildman–Crippen LogP) is 2.83. The van der Waals surface area contributed by atoms with E-state index in [1.165, 1.54) is 10.7 Å². The largest absolute Gasteiger partial charge is 0.416 e. The maximum absolute atomic E-state index is 13.0. The molecule has 0 fully saturated rings. The molecule has 1 atom stereocenters. The van der Waals surface area contributed by atoms with Crippen molar-refractivity contribution in [3.05, 3.63) is 65.7 Å². The number of hydrogen-bond donors (Lipinski definition) is 1. The van der Waals surface area contributed by atoms with Crippen LogP contribution in [0.3, 0.4) is 0 Å². The Morgan fingerprint density at radius 2 is 1.90 bits per heavy atom. The van der Waals surface area contributed by atoms with Crippen LogP contribution in [0.2, 0.25) is 0 Å². The summed E-state index contributed by atoms with van der Waals surface area (Å²) in [5.41, 5.74) is -0.347. The van der Waals surface area contributed by atoms with Crippen molar-refractivity contribution in [1.82, 2.24) is 14.6 Å². The number of aliphatic hydroxyl groups excluding tert-OH is 1. The van der Waals surface area contributed by atoms with Gasteiger partial charge in [0.2, 0.25) is 0 Å². The van der Waals surface area contributed by atoms with Gasteiger partial charge in [-0.1, -0.05) is 6.07 Å². The van der Waals surface area contributed by atoms with E-state index in [1.54, 1.807) is 24.4 Å². The molecule has 4 nitrogen and oxygen atoms in total. The van der Waals surface area contributed by atoms with E-state index >= 15 is 0 Å². The summed E-state index contributed by atoms with van der Waals surface area (Å²) in [6.07, 6.45) is -0.917. The van der Waals surface area contributed by atoms with Gasteiger partial charge >= 0.3 is 6.18 Å². The maximum Gasteiger partial charge on any atom is 0.416 e. The first-order chi connectivity index (χ1) is 9.98. The average molecular weight is 293 g/mol. The van der Waals surface area contributed by atoms with Crippen molar-refractivity contribution in [2.45, 2.75) is 12.3 Å². The normalized spacial score (nSPS) is 13.5. The Kier molecular flexibility index (Phi) is 3.13. The van der Waals surface area contributed by atoms with Crippen LogP contribution in [0, 0.1) is 0 Å². The van der Waals surface area contributed by atoms with E-state index in [2.05, 4.69) is 10.1 Å². The Morgan fingerprint density at radius 3 is 2.67 bits per heavy atom. The maximum atomic E-state index is 13.0. The van der Waals surface area contributed by atoms with Gasteiger partial charge in [-0.05, 0) is 18.2 Å². The molecule has 0 amide bonds. The lowest BCUT2D eigenvalue weighted by molar-refractivity contribution is -0.139. The van der Waals surface area contributed by atoms with Crippen molar-refractivity contribution in [3.8, 4) is 0 Å². The highest BCUT2D eigenvalue weighted by Crippen LogP contribution is 2.36. The molecule has 1 unspecified atom stereocenters. The van der Waals surface area contributed by atoms with E-state index in [0.29, 0.717) is 11.1 Å². The molecule has 0 saturated carbocycles. The standard InChI is InChI=1S/C14H10F3N3O/c15-14(16,17)11-4-5-18-7-9(11)13(21)10-8-19-20-6-2-1-3-12(10)20/h1-8,13,21H. The lowest BCUT2D eigenvalue weighted by Crippen LogP contribution is -2.13. The minimum absolute atomic E-state index is 0.288. The summed E-state index contributed by atoms with van der Waals surface area (Å²) >= 11 is 0. The number of halogens is 3. The Hall–Kier alpha value is -2.41. The summed E-state index contributed by atoms with van der Waals surface area (Å²) in [4.78, 5) is 3.68. The van der Waals surface area contributed by atoms with Gasteiger partial charge in [-0.15, -0.1) is 0 Å². The van der Waals surface area contributed by atoms with Gasteiger partial charge in [0.15, 0.2) is 0 Å². The molecule has 3 aromatic heterocycles. The Morgan fingerprint density at radius 1 is 1.10 bits per heavy atom. The second-order valence-corrected chi connectivity index (χ2v) is 4.49. The molecule has 21 heavy (non-hydrogen) atoms. The number of nitrogens with zero attached hydrogens (tertiary/aromatic N) is 3. The molecular formula is C14H10F3N3O. The molecule has 0 spiro atoms. The molecule has 0 aromatic carbocycles. The van der Waals surface area contributed by atoms with Crippen molar-refractivity contribution in [2.75, 3.05) is 0 Å². The van der Waals surface area contributed by atoms with Crippen LogP contribution in [-0.4, -0.2) is 19.7 Å². The minimum atomic E-state index is -4.55. The average Bonchev–Trinajstić information content (AvgIpc) is 2.89. The van der Waals surface area contributed by atoms with Gasteiger partial charge in [0.25, 0.3) is 0 Å². The van der Waals surface area contributed by atoms with Crippen LogP contribution in [-0.2, 0) is 6.18 Å². The highest BCUT2D eigenvalue weighted by Gasteiger charge is 2.35. The molecule has 1 N–H and O–H groups in total. The molecule has 3 rings (SSSR count). The number of hydrogen-bond acceptors (Lipinski definition) is 3. The molecule has 3 aromatic rings. The molecule has 0 radical (unpaired) electrons. The molecular weight excluding hydrogens is 283 g/mol. The van der Waals surface area contributed by atoms with Crippen LogP contribution in [0.15, 0.2) is 49.1 Å². The topological polar surface area (TPSA) is 50.4 Å². The van der Waals surface area contributed by atoms with Gasteiger partial charge in [-0.3, -0.25) is 4.98 Å². The van der Waals surface area contributed by atoms with E-state index < -0.39 is 17.8 Å². The molecule has 0 aliphatic rings. The van der Waals surface area contributed by atoms with Gasteiger partial charge in [0.05, 0.1) is 17.3 Å². The third-order valence-electron chi connectivity index (χ3n) is 3.20. The second kappa shape index (κ2) is 4.85. The smallest absolute Gasteiger partial charge is 0.383 e. The van der Waals surface area contributed by atoms with Crippen LogP contribution in [0.25, 0.3) is 5.52 Å². The van der Waals surface area contributed by atoms with Crippen molar-refractivity contribution in [3.63, 3.8) is 0 Å². The molecule has 7 heteroatoms. The molecule has 0 saturated heterocycles. The molecule has 0 aliphatic carbocycles. The van der Waals surface area contributed by atoms with Gasteiger partial charge in [0, 0.05) is 29.7 Å². The van der Waals surface area contributed by atoms with Crippen molar-refractivity contribution < 1.29 is 18.3 Å². The Labute approximate surface area is 117 Å². The monoisotopic (exact) mass is 293 g/mol. The molecule has 3 heterocycles. The summed E-state index contributed by atoms with van der Waals surface area (Å²) in [5.74, 6) is 0. The second-order valence-electron chi connectivity index (χ2n) is 4.49. The molecule has 0 aliphatic heterocycles. The fourth-order valence-corrected chi connectivity index (χ4v) is 2.22. The Bertz CT molecular complexity index is 782. The van der Waals surface area contributed by atoms with E-state index in [9.17, 15) is 18.3 Å². The number of pyridine rings is 2. The highest BCUT2D eigenvalue weighted by atomic mass is 19.4. The van der Waals surface area contributed by atoms with Gasteiger partial charge in [-0.25, -0.2) is 4.52 Å². The number of aliphatic hydroxyl groups is 1. The fourth-order valence-electron chi connectivity index (χ4n) is 2.22. The van der Waals surface area contributed by atoms with Crippen LogP contribution in [0.4, 0.5) is 13.2 Å². The zero-order chi connectivity index (χ0) is 15.0. The summed E-state index contributed by atoms with van der Waals surface area (Å²) in [5, 5.41) is 14.3. The first-order valence-electron chi connectivity index (χ1n) is 6.10. The summed E-state index contributed by atoms with van der Waals surface area (Å²) in [7, 11) is 0. The quantitative estimate of drug-likeness (QED) is 0.790. The number of fused-ring (bicyclic) bond motifs is 1. The zero-order valence-electron chi connectivity index (χ0n) is 10.6. The van der Waals surface area contributed by atoms with Gasteiger partial charge < -0.3 is 5.11 Å².